The van der Waals surface area contributed by atoms with Gasteiger partial charge in [-0.2, -0.15) is 8.42 Å². The molecule has 2 rings (SSSR count). The molecule has 5 nitrogen and oxygen atoms in total. The fraction of sp³-hybridized carbons (Fsp3) is 0.100. The molecule has 1 aromatic rings. The standard InChI is InChI=1S/C10H9NO4S/c1-11-10(12)7-9(15-16(11,13)14)8-5-3-2-4-6-8/h2-7H,1H3. The highest BCUT2D eigenvalue weighted by Gasteiger charge is 2.31. The first-order valence-corrected chi connectivity index (χ1v) is 5.86. The van der Waals surface area contributed by atoms with Crippen molar-refractivity contribution >= 4 is 22.0 Å². The van der Waals surface area contributed by atoms with Gasteiger partial charge in [0.2, 0.25) is 0 Å². The molecule has 16 heavy (non-hydrogen) atoms. The van der Waals surface area contributed by atoms with Crippen LogP contribution in [0.5, 0.6) is 0 Å². The molecular formula is C10H9NO4S. The van der Waals surface area contributed by atoms with E-state index in [1.807, 2.05) is 0 Å². The maximum absolute atomic E-state index is 11.4. The second-order valence-electron chi connectivity index (χ2n) is 3.22. The molecule has 1 aliphatic heterocycles. The summed E-state index contributed by atoms with van der Waals surface area (Å²) in [5.41, 5.74) is 0.549. The highest BCUT2D eigenvalue weighted by molar-refractivity contribution is 7.85. The van der Waals surface area contributed by atoms with Gasteiger partial charge < -0.3 is 4.18 Å². The minimum Gasteiger partial charge on any atom is -0.366 e. The molecule has 0 unspecified atom stereocenters. The third kappa shape index (κ3) is 1.79. The zero-order valence-corrected chi connectivity index (χ0v) is 9.27. The number of rotatable bonds is 1. The zero-order chi connectivity index (χ0) is 11.8. The van der Waals surface area contributed by atoms with Crippen LogP contribution in [-0.2, 0) is 19.3 Å². The summed E-state index contributed by atoms with van der Waals surface area (Å²) in [6.07, 6.45) is 1.15. The monoisotopic (exact) mass is 239 g/mol. The van der Waals surface area contributed by atoms with Crippen LogP contribution >= 0.6 is 0 Å². The second-order valence-corrected chi connectivity index (χ2v) is 4.79. The van der Waals surface area contributed by atoms with Crippen LogP contribution in [0.1, 0.15) is 5.56 Å². The maximum Gasteiger partial charge on any atom is 0.412 e. The summed E-state index contributed by atoms with van der Waals surface area (Å²) in [7, 11) is -2.84. The number of carbonyl (C=O) groups is 1. The molecule has 84 valence electrons. The van der Waals surface area contributed by atoms with Crippen LogP contribution in [0.15, 0.2) is 36.4 Å². The van der Waals surface area contributed by atoms with Gasteiger partial charge in [0.25, 0.3) is 5.91 Å². The van der Waals surface area contributed by atoms with E-state index in [2.05, 4.69) is 0 Å². The maximum atomic E-state index is 11.4. The summed E-state index contributed by atoms with van der Waals surface area (Å²) < 4.78 is 28.2. The van der Waals surface area contributed by atoms with Crippen molar-refractivity contribution in [3.05, 3.63) is 42.0 Å². The van der Waals surface area contributed by atoms with E-state index in [1.54, 1.807) is 30.3 Å². The normalized spacial score (nSPS) is 18.9. The Balaban J connectivity index is 2.46. The third-order valence-corrected chi connectivity index (χ3v) is 3.39. The van der Waals surface area contributed by atoms with E-state index >= 15 is 0 Å². The van der Waals surface area contributed by atoms with Crippen molar-refractivity contribution in [2.75, 3.05) is 7.05 Å². The van der Waals surface area contributed by atoms with Gasteiger partial charge in [-0.15, -0.1) is 0 Å². The van der Waals surface area contributed by atoms with Crippen LogP contribution in [0, 0.1) is 0 Å². The lowest BCUT2D eigenvalue weighted by molar-refractivity contribution is -0.121. The molecule has 0 saturated heterocycles. The minimum absolute atomic E-state index is 0.0451. The summed E-state index contributed by atoms with van der Waals surface area (Å²) >= 11 is 0. The molecule has 0 N–H and O–H groups in total. The van der Waals surface area contributed by atoms with Crippen molar-refractivity contribution in [1.82, 2.24) is 4.31 Å². The number of hydrogen-bond acceptors (Lipinski definition) is 4. The number of amides is 1. The highest BCUT2D eigenvalue weighted by Crippen LogP contribution is 2.23. The highest BCUT2D eigenvalue weighted by atomic mass is 32.2. The summed E-state index contributed by atoms with van der Waals surface area (Å²) in [5.74, 6) is -0.575. The molecule has 1 heterocycles. The third-order valence-electron chi connectivity index (χ3n) is 2.15. The van der Waals surface area contributed by atoms with E-state index < -0.39 is 16.2 Å². The molecule has 1 aromatic carbocycles. The van der Waals surface area contributed by atoms with Crippen LogP contribution in [0.3, 0.4) is 0 Å². The molecule has 0 atom stereocenters. The lowest BCUT2D eigenvalue weighted by Crippen LogP contribution is -2.36. The Labute approximate surface area is 93.2 Å². The van der Waals surface area contributed by atoms with Crippen LogP contribution in [0.25, 0.3) is 5.76 Å². The van der Waals surface area contributed by atoms with Crippen LogP contribution in [-0.4, -0.2) is 25.7 Å². The minimum atomic E-state index is -3.99. The van der Waals surface area contributed by atoms with Crippen molar-refractivity contribution in [2.24, 2.45) is 0 Å². The van der Waals surface area contributed by atoms with Crippen LogP contribution in [0.4, 0.5) is 0 Å². The molecular weight excluding hydrogens is 230 g/mol. The van der Waals surface area contributed by atoms with E-state index in [4.69, 9.17) is 4.18 Å². The molecule has 0 aromatic heterocycles. The molecule has 0 spiro atoms. The number of likely N-dealkylation sites (N-methyl/N-ethyl adjacent to an activating group) is 1. The summed E-state index contributed by atoms with van der Waals surface area (Å²) in [6, 6.07) is 8.58. The van der Waals surface area contributed by atoms with Gasteiger partial charge in [-0.25, -0.2) is 4.31 Å². The first-order valence-electron chi connectivity index (χ1n) is 4.50. The smallest absolute Gasteiger partial charge is 0.366 e. The van der Waals surface area contributed by atoms with Crippen molar-refractivity contribution in [3.63, 3.8) is 0 Å². The summed E-state index contributed by atoms with van der Waals surface area (Å²) in [6.45, 7) is 0. The quantitative estimate of drug-likeness (QED) is 0.725. The Hall–Kier alpha value is -1.82. The first kappa shape index (κ1) is 10.7. The topological polar surface area (TPSA) is 63.7 Å². The molecule has 0 saturated carbocycles. The molecule has 0 bridgehead atoms. The van der Waals surface area contributed by atoms with Crippen LogP contribution < -0.4 is 0 Å². The molecule has 1 aliphatic rings. The lowest BCUT2D eigenvalue weighted by Gasteiger charge is -2.21. The van der Waals surface area contributed by atoms with Gasteiger partial charge in [0, 0.05) is 18.7 Å². The Bertz CT molecular complexity index is 547. The predicted molar refractivity (Wildman–Crippen MR) is 57.2 cm³/mol. The molecule has 6 heteroatoms. The summed E-state index contributed by atoms with van der Waals surface area (Å²) in [4.78, 5) is 11.4. The molecule has 0 fully saturated rings. The average molecular weight is 239 g/mol. The molecule has 1 amide bonds. The van der Waals surface area contributed by atoms with Crippen molar-refractivity contribution in [2.45, 2.75) is 0 Å². The van der Waals surface area contributed by atoms with E-state index in [1.165, 1.54) is 0 Å². The molecule has 0 aliphatic carbocycles. The molecule has 0 radical (unpaired) electrons. The number of nitrogens with zero attached hydrogens (tertiary/aromatic N) is 1. The van der Waals surface area contributed by atoms with Gasteiger partial charge in [0.15, 0.2) is 5.76 Å². The van der Waals surface area contributed by atoms with Gasteiger partial charge >= 0.3 is 10.3 Å². The van der Waals surface area contributed by atoms with Crippen molar-refractivity contribution in [3.8, 4) is 0 Å². The fourth-order valence-electron chi connectivity index (χ4n) is 1.24. The van der Waals surface area contributed by atoms with Crippen molar-refractivity contribution in [1.29, 1.82) is 0 Å². The van der Waals surface area contributed by atoms with Gasteiger partial charge in [0.05, 0.1) is 0 Å². The zero-order valence-electron chi connectivity index (χ0n) is 8.45. The van der Waals surface area contributed by atoms with Crippen LogP contribution in [0.2, 0.25) is 0 Å². The van der Waals surface area contributed by atoms with Gasteiger partial charge in [-0.1, -0.05) is 30.3 Å². The van der Waals surface area contributed by atoms with Gasteiger partial charge in [0.1, 0.15) is 0 Å². The Morgan fingerprint density at radius 1 is 1.19 bits per heavy atom. The number of benzene rings is 1. The SMILES string of the molecule is CN1C(=O)C=C(c2ccccc2)OS1(=O)=O. The number of hydrogen-bond donors (Lipinski definition) is 0. The average Bonchev–Trinajstić information content (AvgIpc) is 2.26. The van der Waals surface area contributed by atoms with Crippen molar-refractivity contribution < 1.29 is 17.4 Å². The number of carbonyl (C=O) groups excluding carboxylic acids is 1. The Morgan fingerprint density at radius 3 is 2.38 bits per heavy atom. The Kier molecular flexibility index (Phi) is 2.43. The van der Waals surface area contributed by atoms with E-state index in [0.29, 0.717) is 9.87 Å². The van der Waals surface area contributed by atoms with E-state index in [-0.39, 0.29) is 5.76 Å². The Morgan fingerprint density at radius 2 is 1.81 bits per heavy atom. The summed E-state index contributed by atoms with van der Waals surface area (Å²) in [5, 5.41) is 0. The predicted octanol–water partition coefficient (Wildman–Crippen LogP) is 0.761. The van der Waals surface area contributed by atoms with E-state index in [0.717, 1.165) is 13.1 Å². The fourth-order valence-corrected chi connectivity index (χ4v) is 2.00. The lowest BCUT2D eigenvalue weighted by atomic mass is 10.2. The second kappa shape index (κ2) is 3.64. The van der Waals surface area contributed by atoms with Gasteiger partial charge in [-0.3, -0.25) is 4.79 Å². The van der Waals surface area contributed by atoms with E-state index in [9.17, 15) is 13.2 Å². The largest absolute Gasteiger partial charge is 0.412 e. The van der Waals surface area contributed by atoms with Gasteiger partial charge in [-0.05, 0) is 0 Å². The first-order chi connectivity index (χ1) is 7.50.